The normalized spacial score (nSPS) is 18.7. The number of halogens is 2. The molecule has 1 atom stereocenters. The van der Waals surface area contributed by atoms with Crippen LogP contribution in [0.4, 0.5) is 0 Å². The van der Waals surface area contributed by atoms with Crippen LogP contribution >= 0.6 is 23.2 Å². The SMILES string of the molecule is COCCCN1C(=O)C(=O)/C(=C(\O)c2ccc(Cl)c(Cl)c2)C1c1ccncc1. The minimum absolute atomic E-state index is 0.00649. The van der Waals surface area contributed by atoms with E-state index < -0.39 is 17.7 Å². The van der Waals surface area contributed by atoms with Gasteiger partial charge in [0.1, 0.15) is 5.76 Å². The number of Topliss-reactive ketones (excluding diaryl/α,β-unsaturated/α-hetero) is 1. The van der Waals surface area contributed by atoms with E-state index >= 15 is 0 Å². The number of aliphatic hydroxyl groups excluding tert-OH is 1. The second-order valence-electron chi connectivity index (χ2n) is 6.25. The zero-order chi connectivity index (χ0) is 20.3. The number of methoxy groups -OCH3 is 1. The Labute approximate surface area is 172 Å². The third-order valence-corrected chi connectivity index (χ3v) is 5.24. The van der Waals surface area contributed by atoms with E-state index in [1.807, 2.05) is 0 Å². The summed E-state index contributed by atoms with van der Waals surface area (Å²) < 4.78 is 5.05. The molecule has 2 aromatic rings. The molecule has 2 heterocycles. The summed E-state index contributed by atoms with van der Waals surface area (Å²) in [4.78, 5) is 30.9. The molecule has 1 aromatic heterocycles. The maximum Gasteiger partial charge on any atom is 0.295 e. The maximum atomic E-state index is 12.8. The lowest BCUT2D eigenvalue weighted by atomic mass is 9.96. The maximum absolute atomic E-state index is 12.8. The number of aromatic nitrogens is 1. The van der Waals surface area contributed by atoms with Crippen molar-refractivity contribution in [3.63, 3.8) is 0 Å². The Morgan fingerprint density at radius 2 is 1.89 bits per heavy atom. The van der Waals surface area contributed by atoms with Crippen molar-refractivity contribution >= 4 is 40.7 Å². The van der Waals surface area contributed by atoms with Gasteiger partial charge in [0.2, 0.25) is 0 Å². The predicted octanol–water partition coefficient (Wildman–Crippen LogP) is 3.85. The van der Waals surface area contributed by atoms with E-state index in [9.17, 15) is 14.7 Å². The highest BCUT2D eigenvalue weighted by Gasteiger charge is 2.45. The number of aliphatic hydroxyl groups is 1. The third kappa shape index (κ3) is 3.90. The zero-order valence-electron chi connectivity index (χ0n) is 15.1. The van der Waals surface area contributed by atoms with Crippen LogP contribution in [0, 0.1) is 0 Å². The van der Waals surface area contributed by atoms with Crippen LogP contribution in [0.3, 0.4) is 0 Å². The van der Waals surface area contributed by atoms with E-state index in [0.29, 0.717) is 35.7 Å². The molecule has 1 aliphatic rings. The summed E-state index contributed by atoms with van der Waals surface area (Å²) in [5.41, 5.74) is 0.989. The molecule has 0 radical (unpaired) electrons. The lowest BCUT2D eigenvalue weighted by Crippen LogP contribution is -2.31. The zero-order valence-corrected chi connectivity index (χ0v) is 16.6. The van der Waals surface area contributed by atoms with Gasteiger partial charge in [-0.2, -0.15) is 0 Å². The molecular formula is C20H18Cl2N2O4. The van der Waals surface area contributed by atoms with Gasteiger partial charge in [-0.1, -0.05) is 23.2 Å². The van der Waals surface area contributed by atoms with Crippen molar-refractivity contribution in [3.05, 3.63) is 69.5 Å². The monoisotopic (exact) mass is 420 g/mol. The Bertz CT molecular complexity index is 931. The van der Waals surface area contributed by atoms with E-state index in [2.05, 4.69) is 4.98 Å². The Kier molecular flexibility index (Phi) is 6.34. The lowest BCUT2D eigenvalue weighted by Gasteiger charge is -2.25. The summed E-state index contributed by atoms with van der Waals surface area (Å²) in [5.74, 6) is -1.71. The summed E-state index contributed by atoms with van der Waals surface area (Å²) in [6.45, 7) is 0.752. The van der Waals surface area contributed by atoms with Crippen molar-refractivity contribution in [2.45, 2.75) is 12.5 Å². The van der Waals surface area contributed by atoms with E-state index in [1.54, 1.807) is 37.7 Å². The highest BCUT2D eigenvalue weighted by molar-refractivity contribution is 6.46. The summed E-state index contributed by atoms with van der Waals surface area (Å²) in [6, 6.07) is 7.22. The van der Waals surface area contributed by atoms with E-state index in [4.69, 9.17) is 27.9 Å². The Balaban J connectivity index is 2.12. The molecular weight excluding hydrogens is 403 g/mol. The van der Waals surface area contributed by atoms with Gasteiger partial charge in [0.25, 0.3) is 11.7 Å². The largest absolute Gasteiger partial charge is 0.507 e. The summed E-state index contributed by atoms with van der Waals surface area (Å²) in [6.07, 6.45) is 3.70. The Hall–Kier alpha value is -2.41. The molecule has 8 heteroatoms. The van der Waals surface area contributed by atoms with E-state index in [0.717, 1.165) is 0 Å². The molecule has 3 rings (SSSR count). The molecule has 1 aliphatic heterocycles. The Morgan fingerprint density at radius 3 is 2.54 bits per heavy atom. The number of carbonyl (C=O) groups is 2. The number of nitrogens with zero attached hydrogens (tertiary/aromatic N) is 2. The molecule has 146 valence electrons. The quantitative estimate of drug-likeness (QED) is 0.332. The minimum Gasteiger partial charge on any atom is -0.507 e. The second-order valence-corrected chi connectivity index (χ2v) is 7.06. The average Bonchev–Trinajstić information content (AvgIpc) is 2.95. The van der Waals surface area contributed by atoms with Crippen LogP contribution in [0.15, 0.2) is 48.3 Å². The first-order valence-corrected chi connectivity index (χ1v) is 9.34. The van der Waals surface area contributed by atoms with Gasteiger partial charge in [0.15, 0.2) is 0 Å². The number of benzene rings is 1. The smallest absolute Gasteiger partial charge is 0.295 e. The van der Waals surface area contributed by atoms with Crippen molar-refractivity contribution in [3.8, 4) is 0 Å². The fraction of sp³-hybridized carbons (Fsp3) is 0.250. The highest BCUT2D eigenvalue weighted by atomic mass is 35.5. The third-order valence-electron chi connectivity index (χ3n) is 4.50. The van der Waals surface area contributed by atoms with Crippen LogP contribution in [-0.4, -0.2) is 46.9 Å². The summed E-state index contributed by atoms with van der Waals surface area (Å²) in [7, 11) is 1.57. The number of likely N-dealkylation sites (tertiary alicyclic amines) is 1. The number of ether oxygens (including phenoxy) is 1. The van der Waals surface area contributed by atoms with Crippen LogP contribution in [0.25, 0.3) is 5.76 Å². The van der Waals surface area contributed by atoms with Crippen LogP contribution in [0.1, 0.15) is 23.6 Å². The van der Waals surface area contributed by atoms with Gasteiger partial charge in [-0.05, 0) is 42.3 Å². The minimum atomic E-state index is -0.747. The fourth-order valence-corrected chi connectivity index (χ4v) is 3.48. The number of pyridine rings is 1. The first kappa shape index (κ1) is 20.3. The lowest BCUT2D eigenvalue weighted by molar-refractivity contribution is -0.140. The number of hydrogen-bond donors (Lipinski definition) is 1. The summed E-state index contributed by atoms with van der Waals surface area (Å²) >= 11 is 12.0. The molecule has 0 saturated carbocycles. The highest BCUT2D eigenvalue weighted by Crippen LogP contribution is 2.39. The molecule has 1 saturated heterocycles. The molecule has 1 aromatic carbocycles. The topological polar surface area (TPSA) is 79.7 Å². The fourth-order valence-electron chi connectivity index (χ4n) is 3.18. The van der Waals surface area contributed by atoms with Crippen LogP contribution in [-0.2, 0) is 14.3 Å². The number of hydrogen-bond acceptors (Lipinski definition) is 5. The first-order valence-electron chi connectivity index (χ1n) is 8.58. The molecule has 0 bridgehead atoms. The van der Waals surface area contributed by atoms with Gasteiger partial charge in [0.05, 0.1) is 21.7 Å². The number of ketones is 1. The molecule has 28 heavy (non-hydrogen) atoms. The van der Waals surface area contributed by atoms with Crippen LogP contribution in [0.5, 0.6) is 0 Å². The van der Waals surface area contributed by atoms with Crippen molar-refractivity contribution < 1.29 is 19.4 Å². The molecule has 1 amide bonds. The Morgan fingerprint density at radius 1 is 1.18 bits per heavy atom. The van der Waals surface area contributed by atoms with Gasteiger partial charge in [-0.3, -0.25) is 14.6 Å². The van der Waals surface area contributed by atoms with Crippen LogP contribution < -0.4 is 0 Å². The molecule has 6 nitrogen and oxygen atoms in total. The van der Waals surface area contributed by atoms with Gasteiger partial charge < -0.3 is 14.7 Å². The molecule has 1 unspecified atom stereocenters. The molecule has 0 spiro atoms. The van der Waals surface area contributed by atoms with Crippen molar-refractivity contribution in [2.24, 2.45) is 0 Å². The molecule has 0 aliphatic carbocycles. The number of amides is 1. The number of rotatable bonds is 6. The van der Waals surface area contributed by atoms with E-state index in [-0.39, 0.29) is 16.4 Å². The second kappa shape index (κ2) is 8.73. The van der Waals surface area contributed by atoms with Gasteiger partial charge in [-0.25, -0.2) is 0 Å². The van der Waals surface area contributed by atoms with E-state index in [1.165, 1.54) is 17.0 Å². The van der Waals surface area contributed by atoms with Gasteiger partial charge in [0, 0.05) is 38.2 Å². The summed E-state index contributed by atoms with van der Waals surface area (Å²) in [5, 5.41) is 11.4. The average molecular weight is 421 g/mol. The molecule has 1 N–H and O–H groups in total. The van der Waals surface area contributed by atoms with Crippen molar-refractivity contribution in [2.75, 3.05) is 20.3 Å². The predicted molar refractivity (Wildman–Crippen MR) is 106 cm³/mol. The molecule has 1 fully saturated rings. The van der Waals surface area contributed by atoms with Crippen LogP contribution in [0.2, 0.25) is 10.0 Å². The first-order chi connectivity index (χ1) is 13.5. The van der Waals surface area contributed by atoms with Crippen molar-refractivity contribution in [1.82, 2.24) is 9.88 Å². The number of carbonyl (C=O) groups excluding carboxylic acids is 2. The van der Waals surface area contributed by atoms with Crippen molar-refractivity contribution in [1.29, 1.82) is 0 Å². The van der Waals surface area contributed by atoms with Gasteiger partial charge >= 0.3 is 0 Å². The van der Waals surface area contributed by atoms with Gasteiger partial charge in [-0.15, -0.1) is 0 Å². The standard InChI is InChI=1S/C20H18Cl2N2O4/c1-28-10-2-9-24-17(12-5-7-23-8-6-12)16(19(26)20(24)27)18(25)13-3-4-14(21)15(22)11-13/h3-8,11,17,25H,2,9-10H2,1H3/b18-16-.